The lowest BCUT2D eigenvalue weighted by Crippen LogP contribution is -2.40. The highest BCUT2D eigenvalue weighted by Gasteiger charge is 2.02. The predicted molar refractivity (Wildman–Crippen MR) is 75.2 cm³/mol. The Hall–Kier alpha value is -0.200. The first-order valence-electron chi connectivity index (χ1n) is 6.89. The van der Waals surface area contributed by atoms with E-state index in [1.165, 1.54) is 12.8 Å². The molecule has 104 valence electrons. The second-order valence-corrected chi connectivity index (χ2v) is 4.27. The summed E-state index contributed by atoms with van der Waals surface area (Å²) in [4.78, 5) is 2.39. The lowest BCUT2D eigenvalue weighted by Gasteiger charge is -2.21. The van der Waals surface area contributed by atoms with E-state index in [1.54, 1.807) is 0 Å². The highest BCUT2D eigenvalue weighted by Crippen LogP contribution is 1.86. The van der Waals surface area contributed by atoms with Crippen molar-refractivity contribution >= 4 is 0 Å². The largest absolute Gasteiger partial charge is 0.329 e. The molecule has 0 spiro atoms. The highest BCUT2D eigenvalue weighted by atomic mass is 15.2. The van der Waals surface area contributed by atoms with Crippen LogP contribution in [0.4, 0.5) is 0 Å². The van der Waals surface area contributed by atoms with E-state index >= 15 is 0 Å². The van der Waals surface area contributed by atoms with Gasteiger partial charge in [0.2, 0.25) is 0 Å². The Morgan fingerprint density at radius 1 is 0.824 bits per heavy atom. The van der Waals surface area contributed by atoms with E-state index in [1.807, 2.05) is 0 Å². The summed E-state index contributed by atoms with van der Waals surface area (Å²) in [6, 6.07) is 0. The molecule has 0 rings (SSSR count). The number of rotatable bonds is 13. The first-order chi connectivity index (χ1) is 8.35. The van der Waals surface area contributed by atoms with E-state index < -0.39 is 0 Å². The van der Waals surface area contributed by atoms with Crippen LogP contribution in [0.5, 0.6) is 0 Å². The number of nitrogens with two attached hydrogens (primary N) is 2. The summed E-state index contributed by atoms with van der Waals surface area (Å²) in [6.45, 7) is 10.8. The Kier molecular flexibility index (Phi) is 13.7. The summed E-state index contributed by atoms with van der Waals surface area (Å²) >= 11 is 0. The fraction of sp³-hybridized carbons (Fsp3) is 1.00. The van der Waals surface area contributed by atoms with Crippen molar-refractivity contribution in [3.8, 4) is 0 Å². The average molecular weight is 245 g/mol. The summed E-state index contributed by atoms with van der Waals surface area (Å²) in [7, 11) is 0. The van der Waals surface area contributed by atoms with Gasteiger partial charge in [-0.05, 0) is 13.0 Å². The Morgan fingerprint density at radius 3 is 2.00 bits per heavy atom. The predicted octanol–water partition coefficient (Wildman–Crippen LogP) is -0.815. The second-order valence-electron chi connectivity index (χ2n) is 4.27. The molecule has 0 radical (unpaired) electrons. The highest BCUT2D eigenvalue weighted by molar-refractivity contribution is 4.62. The molecule has 0 aliphatic rings. The minimum absolute atomic E-state index is 0.704. The molecule has 0 unspecified atom stereocenters. The molecule has 0 aromatic heterocycles. The fourth-order valence-corrected chi connectivity index (χ4v) is 1.65. The van der Waals surface area contributed by atoms with Crippen LogP contribution in [0.3, 0.4) is 0 Å². The molecule has 0 heterocycles. The smallest absolute Gasteiger partial charge is 0.0108 e. The minimum atomic E-state index is 0.704. The van der Waals surface area contributed by atoms with E-state index in [4.69, 9.17) is 11.5 Å². The molecule has 17 heavy (non-hydrogen) atoms. The van der Waals surface area contributed by atoms with Crippen LogP contribution in [-0.4, -0.2) is 63.8 Å². The van der Waals surface area contributed by atoms with Gasteiger partial charge in [-0.2, -0.15) is 0 Å². The first-order valence-corrected chi connectivity index (χ1v) is 6.89. The van der Waals surface area contributed by atoms with Crippen molar-refractivity contribution in [1.82, 2.24) is 15.5 Å². The van der Waals surface area contributed by atoms with Crippen molar-refractivity contribution in [3.63, 3.8) is 0 Å². The quantitative estimate of drug-likeness (QED) is 0.319. The maximum absolute atomic E-state index is 5.61. The van der Waals surface area contributed by atoms with Crippen LogP contribution in [0, 0.1) is 0 Å². The van der Waals surface area contributed by atoms with Gasteiger partial charge in [-0.3, -0.25) is 4.90 Å². The molecule has 0 bridgehead atoms. The van der Waals surface area contributed by atoms with Crippen molar-refractivity contribution in [2.24, 2.45) is 11.5 Å². The molecule has 0 aromatic carbocycles. The molecule has 0 aliphatic heterocycles. The van der Waals surface area contributed by atoms with Gasteiger partial charge in [0.15, 0.2) is 0 Å². The maximum atomic E-state index is 5.61. The molecule has 5 nitrogen and oxygen atoms in total. The molecular weight excluding hydrogens is 214 g/mol. The third-order valence-corrected chi connectivity index (χ3v) is 2.68. The van der Waals surface area contributed by atoms with Crippen molar-refractivity contribution in [1.29, 1.82) is 0 Å². The summed E-state index contributed by atoms with van der Waals surface area (Å²) in [5, 5.41) is 6.76. The van der Waals surface area contributed by atoms with E-state index in [-0.39, 0.29) is 0 Å². The zero-order valence-electron chi connectivity index (χ0n) is 11.4. The van der Waals surface area contributed by atoms with Crippen LogP contribution in [0.25, 0.3) is 0 Å². The summed E-state index contributed by atoms with van der Waals surface area (Å²) < 4.78 is 0. The summed E-state index contributed by atoms with van der Waals surface area (Å²) in [6.07, 6.45) is 2.51. The SMILES string of the molecule is CCCCNCCN(CCN)CCNCCN. The van der Waals surface area contributed by atoms with Crippen LogP contribution in [0.15, 0.2) is 0 Å². The molecule has 0 saturated heterocycles. The van der Waals surface area contributed by atoms with Gasteiger partial charge in [0.05, 0.1) is 0 Å². The Morgan fingerprint density at radius 2 is 1.47 bits per heavy atom. The first kappa shape index (κ1) is 16.8. The zero-order chi connectivity index (χ0) is 12.8. The fourth-order valence-electron chi connectivity index (χ4n) is 1.65. The summed E-state index contributed by atoms with van der Waals surface area (Å²) in [5.74, 6) is 0. The minimum Gasteiger partial charge on any atom is -0.329 e. The number of nitrogens with one attached hydrogen (secondary N) is 2. The van der Waals surface area contributed by atoms with Gasteiger partial charge in [-0.15, -0.1) is 0 Å². The van der Waals surface area contributed by atoms with Gasteiger partial charge < -0.3 is 22.1 Å². The van der Waals surface area contributed by atoms with Gasteiger partial charge in [-0.1, -0.05) is 13.3 Å². The van der Waals surface area contributed by atoms with Gasteiger partial charge in [0.1, 0.15) is 0 Å². The number of unbranched alkanes of at least 4 members (excludes halogenated alkanes) is 1. The molecule has 0 fully saturated rings. The van der Waals surface area contributed by atoms with Crippen LogP contribution in [0.1, 0.15) is 19.8 Å². The molecule has 0 aromatic rings. The van der Waals surface area contributed by atoms with E-state index in [0.717, 1.165) is 52.4 Å². The third-order valence-electron chi connectivity index (χ3n) is 2.68. The van der Waals surface area contributed by atoms with Gasteiger partial charge >= 0.3 is 0 Å². The molecular formula is C12H31N5. The molecule has 5 heteroatoms. The molecule has 0 aliphatic carbocycles. The van der Waals surface area contributed by atoms with E-state index in [2.05, 4.69) is 22.5 Å². The van der Waals surface area contributed by atoms with Crippen molar-refractivity contribution < 1.29 is 0 Å². The van der Waals surface area contributed by atoms with E-state index in [9.17, 15) is 0 Å². The van der Waals surface area contributed by atoms with E-state index in [0.29, 0.717) is 6.54 Å². The van der Waals surface area contributed by atoms with Crippen LogP contribution < -0.4 is 22.1 Å². The lowest BCUT2D eigenvalue weighted by atomic mass is 10.3. The standard InChI is InChI=1S/C12H31N5/c1-2-3-6-15-8-11-17(10-5-14)12-9-16-7-4-13/h15-16H,2-14H2,1H3. The molecule has 0 saturated carbocycles. The molecule has 0 amide bonds. The third kappa shape index (κ3) is 12.1. The van der Waals surface area contributed by atoms with Gasteiger partial charge in [0.25, 0.3) is 0 Å². The Balaban J connectivity index is 3.45. The number of nitrogens with zero attached hydrogens (tertiary/aromatic N) is 1. The lowest BCUT2D eigenvalue weighted by molar-refractivity contribution is 0.280. The summed E-state index contributed by atoms with van der Waals surface area (Å²) in [5.41, 5.74) is 11.0. The van der Waals surface area contributed by atoms with Crippen molar-refractivity contribution in [2.75, 3.05) is 58.9 Å². The zero-order valence-corrected chi connectivity index (χ0v) is 11.4. The Labute approximate surface area is 106 Å². The molecule has 0 atom stereocenters. The van der Waals surface area contributed by atoms with Gasteiger partial charge in [0, 0.05) is 52.4 Å². The van der Waals surface area contributed by atoms with Crippen LogP contribution in [-0.2, 0) is 0 Å². The average Bonchev–Trinajstić information content (AvgIpc) is 2.34. The second kappa shape index (κ2) is 13.9. The maximum Gasteiger partial charge on any atom is 0.0108 e. The van der Waals surface area contributed by atoms with Crippen molar-refractivity contribution in [3.05, 3.63) is 0 Å². The normalized spacial score (nSPS) is 11.3. The topological polar surface area (TPSA) is 79.3 Å². The Bertz CT molecular complexity index is 143. The number of hydrogen-bond acceptors (Lipinski definition) is 5. The van der Waals surface area contributed by atoms with Crippen LogP contribution >= 0.6 is 0 Å². The van der Waals surface area contributed by atoms with Crippen LogP contribution in [0.2, 0.25) is 0 Å². The van der Waals surface area contributed by atoms with Gasteiger partial charge in [-0.25, -0.2) is 0 Å². The van der Waals surface area contributed by atoms with Crippen molar-refractivity contribution in [2.45, 2.75) is 19.8 Å². The number of hydrogen-bond donors (Lipinski definition) is 4. The monoisotopic (exact) mass is 245 g/mol. The molecule has 6 N–H and O–H groups in total.